The second-order valence-electron chi connectivity index (χ2n) is 5.37. The molecule has 0 radical (unpaired) electrons. The summed E-state index contributed by atoms with van der Waals surface area (Å²) < 4.78 is 5.19. The van der Waals surface area contributed by atoms with E-state index in [2.05, 4.69) is 15.5 Å². The van der Waals surface area contributed by atoms with Gasteiger partial charge in [0.1, 0.15) is 0 Å². The molecule has 0 aliphatic heterocycles. The van der Waals surface area contributed by atoms with Crippen LogP contribution >= 0.6 is 22.9 Å². The van der Waals surface area contributed by atoms with Gasteiger partial charge >= 0.3 is 0 Å². The van der Waals surface area contributed by atoms with Gasteiger partial charge in [0.15, 0.2) is 0 Å². The van der Waals surface area contributed by atoms with Crippen LogP contribution in [-0.4, -0.2) is 16.0 Å². The predicted molar refractivity (Wildman–Crippen MR) is 93.9 cm³/mol. The Bertz CT molecular complexity index is 817. The number of carbonyl (C=O) groups is 1. The molecule has 0 unspecified atom stereocenters. The fourth-order valence-electron chi connectivity index (χ4n) is 2.26. The summed E-state index contributed by atoms with van der Waals surface area (Å²) in [5, 5.41) is 11.4. The Labute approximate surface area is 148 Å². The van der Waals surface area contributed by atoms with Crippen molar-refractivity contribution in [3.05, 3.63) is 57.6 Å². The fourth-order valence-corrected chi connectivity index (χ4v) is 3.09. The Kier molecular flexibility index (Phi) is 5.27. The van der Waals surface area contributed by atoms with E-state index in [1.807, 2.05) is 41.9 Å². The Morgan fingerprint density at radius 3 is 3.04 bits per heavy atom. The topological polar surface area (TPSA) is 68.0 Å². The third kappa shape index (κ3) is 4.21. The molecule has 0 aliphatic rings. The monoisotopic (exact) mass is 361 g/mol. The number of aromatic nitrogens is 2. The number of hydrogen-bond acceptors (Lipinski definition) is 5. The molecule has 3 aromatic rings. The van der Waals surface area contributed by atoms with Crippen molar-refractivity contribution in [1.82, 2.24) is 15.5 Å². The van der Waals surface area contributed by atoms with Crippen molar-refractivity contribution in [3.63, 3.8) is 0 Å². The highest BCUT2D eigenvalue weighted by Crippen LogP contribution is 2.19. The van der Waals surface area contributed by atoms with Gasteiger partial charge in [0, 0.05) is 28.8 Å². The van der Waals surface area contributed by atoms with E-state index < -0.39 is 0 Å². The zero-order valence-electron chi connectivity index (χ0n) is 13.0. The number of amides is 1. The highest BCUT2D eigenvalue weighted by Gasteiger charge is 2.13. The molecule has 0 aliphatic carbocycles. The van der Waals surface area contributed by atoms with Gasteiger partial charge in [0.25, 0.3) is 0 Å². The molecule has 1 atom stereocenters. The molecule has 24 heavy (non-hydrogen) atoms. The van der Waals surface area contributed by atoms with E-state index in [9.17, 15) is 4.79 Å². The van der Waals surface area contributed by atoms with E-state index in [1.54, 1.807) is 17.4 Å². The Morgan fingerprint density at radius 1 is 1.42 bits per heavy atom. The van der Waals surface area contributed by atoms with Crippen LogP contribution in [0.2, 0.25) is 5.02 Å². The smallest absolute Gasteiger partial charge is 0.227 e. The first-order valence-corrected chi connectivity index (χ1v) is 8.84. The first-order chi connectivity index (χ1) is 11.6. The molecule has 0 fully saturated rings. The maximum atomic E-state index is 12.1. The molecule has 2 aromatic heterocycles. The molecule has 124 valence electrons. The average molecular weight is 362 g/mol. The number of nitrogens with one attached hydrogen (secondary N) is 1. The van der Waals surface area contributed by atoms with Crippen LogP contribution < -0.4 is 5.32 Å². The molecule has 0 saturated carbocycles. The van der Waals surface area contributed by atoms with Crippen LogP contribution in [0.15, 0.2) is 45.6 Å². The van der Waals surface area contributed by atoms with Crippen LogP contribution in [0, 0.1) is 0 Å². The van der Waals surface area contributed by atoms with E-state index in [-0.39, 0.29) is 18.4 Å². The van der Waals surface area contributed by atoms with Crippen LogP contribution in [-0.2, 0) is 11.2 Å². The quantitative estimate of drug-likeness (QED) is 0.712. The van der Waals surface area contributed by atoms with Gasteiger partial charge in [-0.15, -0.1) is 0 Å². The molecule has 0 saturated heterocycles. The molecule has 1 amide bonds. The minimum Gasteiger partial charge on any atom is -0.350 e. The standard InChI is InChI=1S/C17H16ClN3O2S/c1-11(12-3-2-4-14(18)9-12)19-15(22)5-6-16-20-17(21-23-16)13-7-8-24-10-13/h2-4,7-11H,5-6H2,1H3,(H,19,22)/t11-/m1/s1. The highest BCUT2D eigenvalue weighted by molar-refractivity contribution is 7.08. The molecule has 7 heteroatoms. The first-order valence-electron chi connectivity index (χ1n) is 7.52. The third-order valence-corrected chi connectivity index (χ3v) is 4.46. The summed E-state index contributed by atoms with van der Waals surface area (Å²) in [6.45, 7) is 1.92. The lowest BCUT2D eigenvalue weighted by Crippen LogP contribution is -2.26. The van der Waals surface area contributed by atoms with Gasteiger partial charge in [0.2, 0.25) is 17.6 Å². The number of halogens is 1. The Morgan fingerprint density at radius 2 is 2.29 bits per heavy atom. The van der Waals surface area contributed by atoms with Crippen molar-refractivity contribution >= 4 is 28.8 Å². The number of hydrogen-bond donors (Lipinski definition) is 1. The normalized spacial score (nSPS) is 12.1. The molecule has 3 rings (SSSR count). The van der Waals surface area contributed by atoms with Gasteiger partial charge < -0.3 is 9.84 Å². The van der Waals surface area contributed by atoms with E-state index in [0.29, 0.717) is 23.2 Å². The number of carbonyl (C=O) groups excluding carboxylic acids is 1. The van der Waals surface area contributed by atoms with E-state index >= 15 is 0 Å². The number of aryl methyl sites for hydroxylation is 1. The lowest BCUT2D eigenvalue weighted by molar-refractivity contribution is -0.121. The predicted octanol–water partition coefficient (Wildman–Crippen LogP) is 4.26. The minimum atomic E-state index is -0.111. The van der Waals surface area contributed by atoms with Gasteiger partial charge in [0.05, 0.1) is 6.04 Å². The fraction of sp³-hybridized carbons (Fsp3) is 0.235. The molecule has 5 nitrogen and oxygen atoms in total. The van der Waals surface area contributed by atoms with E-state index in [0.717, 1.165) is 11.1 Å². The van der Waals surface area contributed by atoms with Gasteiger partial charge in [-0.3, -0.25) is 4.79 Å². The van der Waals surface area contributed by atoms with Crippen molar-refractivity contribution < 1.29 is 9.32 Å². The lowest BCUT2D eigenvalue weighted by atomic mass is 10.1. The van der Waals surface area contributed by atoms with Gasteiger partial charge in [-0.2, -0.15) is 16.3 Å². The summed E-state index contributed by atoms with van der Waals surface area (Å²) in [5.41, 5.74) is 1.89. The second kappa shape index (κ2) is 7.59. The van der Waals surface area contributed by atoms with Crippen LogP contribution in [0.25, 0.3) is 11.4 Å². The zero-order chi connectivity index (χ0) is 16.9. The summed E-state index contributed by atoms with van der Waals surface area (Å²) >= 11 is 7.54. The average Bonchev–Trinajstić information content (AvgIpc) is 3.24. The molecule has 1 N–H and O–H groups in total. The summed E-state index contributed by atoms with van der Waals surface area (Å²) in [6.07, 6.45) is 0.696. The SMILES string of the molecule is C[C@@H](NC(=O)CCc1nc(-c2ccsc2)no1)c1cccc(Cl)c1. The van der Waals surface area contributed by atoms with Crippen molar-refractivity contribution in [2.24, 2.45) is 0 Å². The van der Waals surface area contributed by atoms with E-state index in [4.69, 9.17) is 16.1 Å². The molecule has 0 bridgehead atoms. The summed E-state index contributed by atoms with van der Waals surface area (Å²) in [7, 11) is 0. The first kappa shape index (κ1) is 16.7. The summed E-state index contributed by atoms with van der Waals surface area (Å²) in [6, 6.07) is 9.27. The van der Waals surface area contributed by atoms with Crippen molar-refractivity contribution in [2.45, 2.75) is 25.8 Å². The van der Waals surface area contributed by atoms with Crippen LogP contribution in [0.4, 0.5) is 0 Å². The molecular weight excluding hydrogens is 346 g/mol. The van der Waals surface area contributed by atoms with Gasteiger partial charge in [-0.1, -0.05) is 28.9 Å². The highest BCUT2D eigenvalue weighted by atomic mass is 35.5. The van der Waals surface area contributed by atoms with Gasteiger partial charge in [-0.25, -0.2) is 0 Å². The van der Waals surface area contributed by atoms with Gasteiger partial charge in [-0.05, 0) is 36.1 Å². The number of thiophene rings is 1. The summed E-state index contributed by atoms with van der Waals surface area (Å²) in [5.74, 6) is 0.943. The third-order valence-electron chi connectivity index (χ3n) is 3.54. The molecule has 2 heterocycles. The van der Waals surface area contributed by atoms with Crippen molar-refractivity contribution in [3.8, 4) is 11.4 Å². The maximum Gasteiger partial charge on any atom is 0.227 e. The zero-order valence-corrected chi connectivity index (χ0v) is 14.6. The Hall–Kier alpha value is -2.18. The van der Waals surface area contributed by atoms with Crippen LogP contribution in [0.1, 0.15) is 30.8 Å². The van der Waals surface area contributed by atoms with Crippen molar-refractivity contribution in [1.29, 1.82) is 0 Å². The summed E-state index contributed by atoms with van der Waals surface area (Å²) in [4.78, 5) is 16.4. The largest absolute Gasteiger partial charge is 0.350 e. The van der Waals surface area contributed by atoms with Crippen LogP contribution in [0.5, 0.6) is 0 Å². The minimum absolute atomic E-state index is 0.0715. The molecule has 0 spiro atoms. The van der Waals surface area contributed by atoms with E-state index in [1.165, 1.54) is 0 Å². The van der Waals surface area contributed by atoms with Crippen molar-refractivity contribution in [2.75, 3.05) is 0 Å². The number of rotatable bonds is 6. The second-order valence-corrected chi connectivity index (χ2v) is 6.58. The Balaban J connectivity index is 1.52. The number of benzene rings is 1. The molecule has 1 aromatic carbocycles. The molecular formula is C17H16ClN3O2S. The van der Waals surface area contributed by atoms with Crippen LogP contribution in [0.3, 0.4) is 0 Å². The lowest BCUT2D eigenvalue weighted by Gasteiger charge is -2.14. The maximum absolute atomic E-state index is 12.1. The number of nitrogens with zero attached hydrogens (tertiary/aromatic N) is 2.